The van der Waals surface area contributed by atoms with Crippen LogP contribution in [0.15, 0.2) is 0 Å². The van der Waals surface area contributed by atoms with Gasteiger partial charge in [-0.05, 0) is 0 Å². The van der Waals surface area contributed by atoms with Crippen LogP contribution >= 0.6 is 15.6 Å². The lowest BCUT2D eigenvalue weighted by atomic mass is 10.1. The Morgan fingerprint density at radius 2 is 0.963 bits per heavy atom. The summed E-state index contributed by atoms with van der Waals surface area (Å²) >= 11 is 0. The Labute approximate surface area is 152 Å². The Morgan fingerprint density at radius 1 is 0.630 bits per heavy atom. The van der Waals surface area contributed by atoms with E-state index in [9.17, 15) is 39.6 Å². The Bertz CT molecular complexity index is 511. The maximum atomic E-state index is 11.6. The monoisotopic (exact) mass is 446 g/mol. The molecule has 0 aromatic heterocycles. The lowest BCUT2D eigenvalue weighted by Crippen LogP contribution is -2.42. The van der Waals surface area contributed by atoms with E-state index in [-0.39, 0.29) is 0 Å². The molecule has 0 bridgehead atoms. The molecule has 15 nitrogen and oxygen atoms in total. The maximum Gasteiger partial charge on any atom is 0.472 e. The lowest BCUT2D eigenvalue weighted by Gasteiger charge is -2.24. The van der Waals surface area contributed by atoms with Crippen molar-refractivity contribution < 1.29 is 73.1 Å². The van der Waals surface area contributed by atoms with Crippen LogP contribution in [-0.2, 0) is 22.7 Å². The van der Waals surface area contributed by atoms with Gasteiger partial charge in [0.25, 0.3) is 0 Å². The molecule has 0 aliphatic rings. The first kappa shape index (κ1) is 26.9. The maximum absolute atomic E-state index is 11.6. The van der Waals surface area contributed by atoms with Crippen molar-refractivity contribution >= 4 is 15.6 Å². The standard InChI is InChI=1S/C10H24O15P2/c11-1-5(12)9(16)7(14)3-24-27(21,22)25-4-8(15)10(17)6(13)2-23-26(18,19)20/h5-17H,1-4H2,(H,21,22)(H2,18,19,20)/t5-,6-,7+,8+,9+,10+/m1/s1. The van der Waals surface area contributed by atoms with E-state index in [2.05, 4.69) is 13.6 Å². The molecule has 10 N–H and O–H groups in total. The molecule has 0 aromatic rings. The van der Waals surface area contributed by atoms with Gasteiger partial charge in [-0.25, -0.2) is 9.13 Å². The van der Waals surface area contributed by atoms with Crippen molar-refractivity contribution in [3.8, 4) is 0 Å². The molecule has 7 atom stereocenters. The summed E-state index contributed by atoms with van der Waals surface area (Å²) < 4.78 is 34.5. The molecule has 0 radical (unpaired) electrons. The molecule has 0 saturated heterocycles. The molecule has 0 heterocycles. The Morgan fingerprint density at radius 3 is 1.30 bits per heavy atom. The summed E-state index contributed by atoms with van der Waals surface area (Å²) in [6, 6.07) is 0. The number of hydrogen-bond acceptors (Lipinski definition) is 12. The van der Waals surface area contributed by atoms with Crippen LogP contribution in [0.2, 0.25) is 0 Å². The van der Waals surface area contributed by atoms with Crippen molar-refractivity contribution in [3.05, 3.63) is 0 Å². The first-order valence-corrected chi connectivity index (χ1v) is 10.2. The number of aliphatic hydroxyl groups is 7. The van der Waals surface area contributed by atoms with Crippen LogP contribution in [-0.4, -0.2) is 113 Å². The van der Waals surface area contributed by atoms with Gasteiger partial charge in [-0.15, -0.1) is 0 Å². The van der Waals surface area contributed by atoms with Crippen molar-refractivity contribution in [2.75, 3.05) is 26.4 Å². The summed E-state index contributed by atoms with van der Waals surface area (Å²) in [6.45, 7) is -4.06. The van der Waals surface area contributed by atoms with Crippen molar-refractivity contribution in [3.63, 3.8) is 0 Å². The Balaban J connectivity index is 4.41. The molecule has 0 aliphatic heterocycles. The second-order valence-electron chi connectivity index (χ2n) is 5.28. The quantitative estimate of drug-likeness (QED) is 0.112. The molecule has 0 aliphatic carbocycles. The average Bonchev–Trinajstić information content (AvgIpc) is 2.59. The van der Waals surface area contributed by atoms with Gasteiger partial charge in [0.2, 0.25) is 0 Å². The van der Waals surface area contributed by atoms with Crippen LogP contribution < -0.4 is 0 Å². The van der Waals surface area contributed by atoms with Gasteiger partial charge in [-0.1, -0.05) is 0 Å². The van der Waals surface area contributed by atoms with Crippen LogP contribution in [0.25, 0.3) is 0 Å². The van der Waals surface area contributed by atoms with Gasteiger partial charge >= 0.3 is 15.6 Å². The van der Waals surface area contributed by atoms with Crippen molar-refractivity contribution in [2.24, 2.45) is 0 Å². The zero-order valence-corrected chi connectivity index (χ0v) is 15.5. The molecule has 27 heavy (non-hydrogen) atoms. The fourth-order valence-electron chi connectivity index (χ4n) is 1.47. The van der Waals surface area contributed by atoms with Gasteiger partial charge in [-0.2, -0.15) is 0 Å². The number of rotatable bonds is 14. The highest BCUT2D eigenvalue weighted by molar-refractivity contribution is 7.47. The highest BCUT2D eigenvalue weighted by Gasteiger charge is 2.32. The SMILES string of the molecule is O=P(O)(O)OC[C@@H](O)[C@H](O)[C@@H](O)COP(=O)(O)OC[C@H](O)[C@@H](O)[C@H](O)CO. The summed E-state index contributed by atoms with van der Waals surface area (Å²) in [5, 5.41) is 64.8. The fraction of sp³-hybridized carbons (Fsp3) is 1.00. The largest absolute Gasteiger partial charge is 0.472 e. The third kappa shape index (κ3) is 11.5. The predicted molar refractivity (Wildman–Crippen MR) is 82.9 cm³/mol. The molecule has 0 rings (SSSR count). The van der Waals surface area contributed by atoms with Crippen LogP contribution in [0.3, 0.4) is 0 Å². The molecular formula is C10H24O15P2. The molecular weight excluding hydrogens is 422 g/mol. The number of phosphoric acid groups is 2. The molecule has 0 spiro atoms. The van der Waals surface area contributed by atoms with Gasteiger partial charge in [0.05, 0.1) is 26.4 Å². The molecule has 0 saturated carbocycles. The van der Waals surface area contributed by atoms with Crippen molar-refractivity contribution in [2.45, 2.75) is 36.6 Å². The van der Waals surface area contributed by atoms with Crippen LogP contribution in [0, 0.1) is 0 Å². The lowest BCUT2D eigenvalue weighted by molar-refractivity contribution is -0.0960. The van der Waals surface area contributed by atoms with Gasteiger partial charge in [-0.3, -0.25) is 13.6 Å². The summed E-state index contributed by atoms with van der Waals surface area (Å²) in [5.41, 5.74) is 0. The minimum absolute atomic E-state index is 0.899. The summed E-state index contributed by atoms with van der Waals surface area (Å²) in [4.78, 5) is 26.2. The second kappa shape index (κ2) is 11.8. The zero-order chi connectivity index (χ0) is 21.4. The number of aliphatic hydroxyl groups excluding tert-OH is 7. The van der Waals surface area contributed by atoms with Gasteiger partial charge in [0.1, 0.15) is 36.6 Å². The minimum atomic E-state index is -4.93. The highest BCUT2D eigenvalue weighted by Crippen LogP contribution is 2.43. The number of phosphoric ester groups is 2. The zero-order valence-electron chi connectivity index (χ0n) is 13.7. The smallest absolute Gasteiger partial charge is 0.394 e. The molecule has 164 valence electrons. The third-order valence-electron chi connectivity index (χ3n) is 2.99. The summed E-state index contributed by atoms with van der Waals surface area (Å²) in [6.07, 6.45) is -11.6. The van der Waals surface area contributed by atoms with E-state index in [0.29, 0.717) is 0 Å². The van der Waals surface area contributed by atoms with Crippen LogP contribution in [0.4, 0.5) is 0 Å². The van der Waals surface area contributed by atoms with E-state index >= 15 is 0 Å². The summed E-state index contributed by atoms with van der Waals surface area (Å²) in [5.74, 6) is 0. The van der Waals surface area contributed by atoms with Gasteiger partial charge in [0, 0.05) is 0 Å². The highest BCUT2D eigenvalue weighted by atomic mass is 31.2. The second-order valence-corrected chi connectivity index (χ2v) is 7.97. The molecule has 1 unspecified atom stereocenters. The first-order valence-electron chi connectivity index (χ1n) is 7.21. The van der Waals surface area contributed by atoms with Crippen LogP contribution in [0.1, 0.15) is 0 Å². The van der Waals surface area contributed by atoms with E-state index in [0.717, 1.165) is 0 Å². The van der Waals surface area contributed by atoms with E-state index in [1.165, 1.54) is 0 Å². The molecule has 17 heteroatoms. The fourth-order valence-corrected chi connectivity index (χ4v) is 2.57. The average molecular weight is 446 g/mol. The topological polar surface area (TPSA) is 264 Å². The van der Waals surface area contributed by atoms with E-state index in [1.54, 1.807) is 0 Å². The van der Waals surface area contributed by atoms with Crippen molar-refractivity contribution in [1.29, 1.82) is 0 Å². The van der Waals surface area contributed by atoms with Gasteiger partial charge in [0.15, 0.2) is 0 Å². The van der Waals surface area contributed by atoms with E-state index in [1.807, 2.05) is 0 Å². The molecule has 0 aromatic carbocycles. The van der Waals surface area contributed by atoms with E-state index < -0.39 is 78.7 Å². The van der Waals surface area contributed by atoms with Crippen molar-refractivity contribution in [1.82, 2.24) is 0 Å². The first-order chi connectivity index (χ1) is 12.2. The predicted octanol–water partition coefficient (Wildman–Crippen LogP) is -4.61. The Kier molecular flexibility index (Phi) is 11.8. The Hall–Kier alpha value is -0.0600. The molecule has 0 amide bonds. The van der Waals surface area contributed by atoms with Crippen LogP contribution in [0.5, 0.6) is 0 Å². The normalized spacial score (nSPS) is 21.7. The number of hydrogen-bond donors (Lipinski definition) is 10. The minimum Gasteiger partial charge on any atom is -0.394 e. The third-order valence-corrected chi connectivity index (χ3v) is 4.43. The summed E-state index contributed by atoms with van der Waals surface area (Å²) in [7, 11) is -9.85. The van der Waals surface area contributed by atoms with E-state index in [4.69, 9.17) is 20.0 Å². The molecule has 0 fully saturated rings. The van der Waals surface area contributed by atoms with Gasteiger partial charge < -0.3 is 50.4 Å².